The van der Waals surface area contributed by atoms with Crippen LogP contribution in [0.25, 0.3) is 0 Å². The maximum atomic E-state index is 13.0. The van der Waals surface area contributed by atoms with Crippen molar-refractivity contribution < 1.29 is 14.3 Å². The lowest BCUT2D eigenvalue weighted by Crippen LogP contribution is -2.50. The monoisotopic (exact) mass is 464 g/mol. The highest BCUT2D eigenvalue weighted by atomic mass is 16.5. The molecule has 2 N–H and O–H groups in total. The number of benzene rings is 1. The van der Waals surface area contributed by atoms with Crippen LogP contribution >= 0.6 is 0 Å². The number of methoxy groups -OCH3 is 1. The zero-order valence-electron chi connectivity index (χ0n) is 20.8. The van der Waals surface area contributed by atoms with Gasteiger partial charge >= 0.3 is 0 Å². The Morgan fingerprint density at radius 2 is 1.76 bits per heavy atom. The second kappa shape index (κ2) is 10.0. The Morgan fingerprint density at radius 3 is 2.35 bits per heavy atom. The fourth-order valence-electron chi connectivity index (χ4n) is 5.14. The molecular weight excluding hydrogens is 428 g/mol. The lowest BCUT2D eigenvalue weighted by Gasteiger charge is -2.40. The van der Waals surface area contributed by atoms with Crippen molar-refractivity contribution in [2.24, 2.45) is 5.92 Å². The predicted molar refractivity (Wildman–Crippen MR) is 134 cm³/mol. The number of nitrogens with one attached hydrogen (secondary N) is 2. The Morgan fingerprint density at radius 1 is 1.06 bits per heavy atom. The Hall–Kier alpha value is -3.09. The lowest BCUT2D eigenvalue weighted by molar-refractivity contribution is 0.0920. The highest BCUT2D eigenvalue weighted by molar-refractivity contribution is 5.96. The summed E-state index contributed by atoms with van der Waals surface area (Å²) in [6.45, 7) is 8.11. The van der Waals surface area contributed by atoms with Crippen LogP contribution in [-0.2, 0) is 0 Å². The normalized spacial score (nSPS) is 22.4. The number of hydrogen-bond donors (Lipinski definition) is 2. The van der Waals surface area contributed by atoms with Crippen LogP contribution < -0.4 is 20.3 Å². The van der Waals surface area contributed by atoms with E-state index < -0.39 is 0 Å². The van der Waals surface area contributed by atoms with E-state index in [4.69, 9.17) is 4.74 Å². The highest BCUT2D eigenvalue weighted by Gasteiger charge is 2.42. The Balaban J connectivity index is 1.40. The second-order valence-corrected chi connectivity index (χ2v) is 9.98. The summed E-state index contributed by atoms with van der Waals surface area (Å²) in [5.41, 5.74) is 2.11. The molecule has 2 fully saturated rings. The zero-order chi connectivity index (χ0) is 24.4. The van der Waals surface area contributed by atoms with Crippen molar-refractivity contribution in [3.05, 3.63) is 53.2 Å². The van der Waals surface area contributed by atoms with Crippen molar-refractivity contribution in [2.45, 2.75) is 77.5 Å². The molecule has 2 amide bonds. The zero-order valence-corrected chi connectivity index (χ0v) is 20.8. The van der Waals surface area contributed by atoms with Gasteiger partial charge in [0.1, 0.15) is 11.6 Å². The Bertz CT molecular complexity index is 1020. The molecule has 3 heterocycles. The number of carbonyl (C=O) groups is 2. The highest BCUT2D eigenvalue weighted by Crippen LogP contribution is 2.38. The smallest absolute Gasteiger partial charge is 0.253 e. The third-order valence-corrected chi connectivity index (χ3v) is 7.45. The minimum Gasteiger partial charge on any atom is -0.496 e. The van der Waals surface area contributed by atoms with Gasteiger partial charge in [0.2, 0.25) is 0 Å². The van der Waals surface area contributed by atoms with Gasteiger partial charge < -0.3 is 20.3 Å². The van der Waals surface area contributed by atoms with Crippen molar-refractivity contribution in [2.75, 3.05) is 12.0 Å². The summed E-state index contributed by atoms with van der Waals surface area (Å²) in [7, 11) is 1.62. The van der Waals surface area contributed by atoms with Crippen LogP contribution in [0.4, 0.5) is 5.82 Å². The van der Waals surface area contributed by atoms with Crippen molar-refractivity contribution in [3.8, 4) is 5.75 Å². The van der Waals surface area contributed by atoms with Gasteiger partial charge in [0.15, 0.2) is 0 Å². The topological polar surface area (TPSA) is 83.6 Å². The molecule has 3 atom stereocenters. The predicted octanol–water partition coefficient (Wildman–Crippen LogP) is 4.10. The van der Waals surface area contributed by atoms with Gasteiger partial charge in [-0.3, -0.25) is 9.59 Å². The van der Waals surface area contributed by atoms with E-state index >= 15 is 0 Å². The summed E-state index contributed by atoms with van der Waals surface area (Å²) < 4.78 is 5.37. The van der Waals surface area contributed by atoms with Gasteiger partial charge in [-0.05, 0) is 69.7 Å². The number of piperidine rings is 1. The molecule has 7 heteroatoms. The number of amides is 2. The molecule has 0 spiro atoms. The minimum absolute atomic E-state index is 0.0432. The number of nitrogens with zero attached hydrogens (tertiary/aromatic N) is 2. The number of anilines is 1. The summed E-state index contributed by atoms with van der Waals surface area (Å²) in [6, 6.07) is 10.3. The summed E-state index contributed by atoms with van der Waals surface area (Å²) in [6.07, 6.45) is 5.63. The molecule has 2 aromatic rings. The third-order valence-electron chi connectivity index (χ3n) is 7.45. The first-order valence-corrected chi connectivity index (χ1v) is 12.3. The van der Waals surface area contributed by atoms with Gasteiger partial charge in [0, 0.05) is 41.5 Å². The number of carbonyl (C=O) groups excluding carboxylic acids is 2. The van der Waals surface area contributed by atoms with Crippen LogP contribution in [0.15, 0.2) is 36.5 Å². The molecule has 1 aromatic carbocycles. The molecule has 2 saturated heterocycles. The van der Waals surface area contributed by atoms with Gasteiger partial charge in [-0.1, -0.05) is 19.9 Å². The van der Waals surface area contributed by atoms with E-state index in [2.05, 4.69) is 34.4 Å². The second-order valence-electron chi connectivity index (χ2n) is 9.98. The number of ether oxygens (including phenoxy) is 1. The van der Waals surface area contributed by atoms with E-state index in [1.165, 1.54) is 0 Å². The van der Waals surface area contributed by atoms with Crippen LogP contribution in [-0.4, -0.2) is 48.1 Å². The molecule has 0 saturated carbocycles. The van der Waals surface area contributed by atoms with Crippen molar-refractivity contribution in [1.82, 2.24) is 15.6 Å². The van der Waals surface area contributed by atoms with Crippen molar-refractivity contribution >= 4 is 17.6 Å². The van der Waals surface area contributed by atoms with Crippen LogP contribution in [0.5, 0.6) is 5.75 Å². The summed E-state index contributed by atoms with van der Waals surface area (Å²) in [4.78, 5) is 32.5. The van der Waals surface area contributed by atoms with E-state index in [1.807, 2.05) is 44.2 Å². The Kier molecular flexibility index (Phi) is 7.10. The van der Waals surface area contributed by atoms with Gasteiger partial charge in [0.05, 0.1) is 12.7 Å². The molecule has 34 heavy (non-hydrogen) atoms. The van der Waals surface area contributed by atoms with Crippen LogP contribution in [0.1, 0.15) is 72.7 Å². The molecule has 0 aliphatic carbocycles. The fraction of sp³-hybridized carbons (Fsp3) is 0.519. The molecule has 2 unspecified atom stereocenters. The SMILES string of the molecule is COc1cccc(C(=O)NC2CC3CCC(C2)N3c2ccc(C(=O)N[C@H](C)C(C)C)cn2)c1C. The molecule has 2 aliphatic heterocycles. The first-order chi connectivity index (χ1) is 16.3. The van der Waals surface area contributed by atoms with E-state index in [0.717, 1.165) is 42.8 Å². The molecule has 2 bridgehead atoms. The molecule has 0 radical (unpaired) electrons. The molecule has 1 aromatic heterocycles. The molecule has 7 nitrogen and oxygen atoms in total. The average Bonchev–Trinajstić information content (AvgIpc) is 3.09. The van der Waals surface area contributed by atoms with Crippen molar-refractivity contribution in [1.29, 1.82) is 0 Å². The summed E-state index contributed by atoms with van der Waals surface area (Å²) >= 11 is 0. The van der Waals surface area contributed by atoms with Gasteiger partial charge in [-0.25, -0.2) is 4.98 Å². The molecule has 182 valence electrons. The third kappa shape index (κ3) is 4.88. The maximum absolute atomic E-state index is 13.0. The number of aromatic nitrogens is 1. The van der Waals surface area contributed by atoms with E-state index in [9.17, 15) is 9.59 Å². The fourth-order valence-corrected chi connectivity index (χ4v) is 5.14. The van der Waals surface area contributed by atoms with Crippen LogP contribution in [0, 0.1) is 12.8 Å². The molecule has 2 aliphatic rings. The number of rotatable bonds is 7. The van der Waals surface area contributed by atoms with E-state index in [-0.39, 0.29) is 23.9 Å². The van der Waals surface area contributed by atoms with Gasteiger partial charge in [-0.2, -0.15) is 0 Å². The largest absolute Gasteiger partial charge is 0.496 e. The number of pyridine rings is 1. The quantitative estimate of drug-likeness (QED) is 0.645. The summed E-state index contributed by atoms with van der Waals surface area (Å²) in [5.74, 6) is 1.89. The molecule has 4 rings (SSSR count). The van der Waals surface area contributed by atoms with Gasteiger partial charge in [0.25, 0.3) is 11.8 Å². The minimum atomic E-state index is -0.0857. The lowest BCUT2D eigenvalue weighted by atomic mass is 9.96. The van der Waals surface area contributed by atoms with Crippen molar-refractivity contribution in [3.63, 3.8) is 0 Å². The summed E-state index contributed by atoms with van der Waals surface area (Å²) in [5, 5.41) is 6.29. The first-order valence-electron chi connectivity index (χ1n) is 12.3. The first kappa shape index (κ1) is 24.0. The van der Waals surface area contributed by atoms with E-state index in [1.54, 1.807) is 13.3 Å². The van der Waals surface area contributed by atoms with Crippen LogP contribution in [0.3, 0.4) is 0 Å². The number of hydrogen-bond acceptors (Lipinski definition) is 5. The Labute approximate surface area is 202 Å². The standard InChI is InChI=1S/C27H36N4O3/c1-16(2)18(4)29-26(32)19-9-12-25(28-15-19)31-21-10-11-22(31)14-20(13-21)30-27(33)23-7-6-8-24(34-5)17(23)3/h6-9,12,15-16,18,20-22H,10-11,13-14H2,1-5H3,(H,29,32)(H,30,33)/t18-,20?,21?,22?/m1/s1. The van der Waals surface area contributed by atoms with E-state index in [0.29, 0.717) is 29.1 Å². The van der Waals surface area contributed by atoms with Crippen LogP contribution in [0.2, 0.25) is 0 Å². The molecular formula is C27H36N4O3. The number of fused-ring (bicyclic) bond motifs is 2. The average molecular weight is 465 g/mol. The van der Waals surface area contributed by atoms with Gasteiger partial charge in [-0.15, -0.1) is 0 Å². The maximum Gasteiger partial charge on any atom is 0.253 e.